The van der Waals surface area contributed by atoms with Gasteiger partial charge in [0.1, 0.15) is 0 Å². The molecule has 1 rings (SSSR count). The SMILES string of the molecule is CCN(CC(C)C)C(CN)c1ccc(Cl)c(Cl)c1. The van der Waals surface area contributed by atoms with Crippen molar-refractivity contribution in [3.63, 3.8) is 0 Å². The molecule has 2 N–H and O–H groups in total. The first-order valence-corrected chi connectivity index (χ1v) is 7.14. The van der Waals surface area contributed by atoms with Crippen molar-refractivity contribution in [2.75, 3.05) is 19.6 Å². The number of hydrogen-bond acceptors (Lipinski definition) is 2. The van der Waals surface area contributed by atoms with Crippen LogP contribution in [-0.4, -0.2) is 24.5 Å². The zero-order valence-corrected chi connectivity index (χ0v) is 12.8. The van der Waals surface area contributed by atoms with Gasteiger partial charge < -0.3 is 5.73 Å². The van der Waals surface area contributed by atoms with E-state index >= 15 is 0 Å². The Balaban J connectivity index is 2.95. The van der Waals surface area contributed by atoms with E-state index in [1.54, 1.807) is 0 Å². The van der Waals surface area contributed by atoms with Crippen molar-refractivity contribution >= 4 is 23.2 Å². The summed E-state index contributed by atoms with van der Waals surface area (Å²) in [4.78, 5) is 2.38. The Morgan fingerprint density at radius 3 is 2.33 bits per heavy atom. The van der Waals surface area contributed by atoms with Crippen molar-refractivity contribution in [1.29, 1.82) is 0 Å². The minimum absolute atomic E-state index is 0.201. The normalized spacial score (nSPS) is 13.3. The van der Waals surface area contributed by atoms with Gasteiger partial charge >= 0.3 is 0 Å². The predicted molar refractivity (Wildman–Crippen MR) is 80.3 cm³/mol. The predicted octanol–water partition coefficient (Wildman–Crippen LogP) is 3.97. The zero-order chi connectivity index (χ0) is 13.7. The van der Waals surface area contributed by atoms with Gasteiger partial charge in [0, 0.05) is 19.1 Å². The van der Waals surface area contributed by atoms with Gasteiger partial charge in [0.15, 0.2) is 0 Å². The Labute approximate surface area is 120 Å². The van der Waals surface area contributed by atoms with E-state index < -0.39 is 0 Å². The average molecular weight is 289 g/mol. The molecule has 0 aliphatic carbocycles. The van der Waals surface area contributed by atoms with Gasteiger partial charge in [-0.05, 0) is 30.2 Å². The average Bonchev–Trinajstić information content (AvgIpc) is 2.32. The molecule has 0 aromatic heterocycles. The molecular formula is C14H22Cl2N2. The minimum Gasteiger partial charge on any atom is -0.329 e. The van der Waals surface area contributed by atoms with Crippen LogP contribution in [0.2, 0.25) is 10.0 Å². The molecule has 2 nitrogen and oxygen atoms in total. The Kier molecular flexibility index (Phi) is 6.44. The molecule has 0 saturated carbocycles. The molecule has 0 saturated heterocycles. The van der Waals surface area contributed by atoms with E-state index in [4.69, 9.17) is 28.9 Å². The van der Waals surface area contributed by atoms with Crippen LogP contribution in [0.25, 0.3) is 0 Å². The molecule has 0 heterocycles. The van der Waals surface area contributed by atoms with Crippen molar-refractivity contribution in [2.24, 2.45) is 11.7 Å². The van der Waals surface area contributed by atoms with Crippen LogP contribution in [0.4, 0.5) is 0 Å². The molecule has 0 amide bonds. The lowest BCUT2D eigenvalue weighted by molar-refractivity contribution is 0.189. The van der Waals surface area contributed by atoms with E-state index in [0.717, 1.165) is 18.7 Å². The fraction of sp³-hybridized carbons (Fsp3) is 0.571. The standard InChI is InChI=1S/C14H22Cl2N2/c1-4-18(9-10(2)3)14(8-17)11-5-6-12(15)13(16)7-11/h5-7,10,14H,4,8-9,17H2,1-3H3. The highest BCUT2D eigenvalue weighted by Gasteiger charge is 2.19. The number of hydrogen-bond donors (Lipinski definition) is 1. The van der Waals surface area contributed by atoms with Crippen molar-refractivity contribution in [3.05, 3.63) is 33.8 Å². The lowest BCUT2D eigenvalue weighted by atomic mass is 10.0. The van der Waals surface area contributed by atoms with Crippen LogP contribution < -0.4 is 5.73 Å². The lowest BCUT2D eigenvalue weighted by Crippen LogP contribution is -2.36. The van der Waals surface area contributed by atoms with Crippen LogP contribution in [0.15, 0.2) is 18.2 Å². The summed E-state index contributed by atoms with van der Waals surface area (Å²) in [5.41, 5.74) is 7.06. The molecule has 1 aromatic carbocycles. The highest BCUT2D eigenvalue weighted by molar-refractivity contribution is 6.42. The third-order valence-corrected chi connectivity index (χ3v) is 3.74. The molecule has 0 fully saturated rings. The summed E-state index contributed by atoms with van der Waals surface area (Å²) in [6.07, 6.45) is 0. The van der Waals surface area contributed by atoms with Crippen LogP contribution in [0.5, 0.6) is 0 Å². The molecule has 0 bridgehead atoms. The minimum atomic E-state index is 0.201. The Bertz CT molecular complexity index is 380. The van der Waals surface area contributed by atoms with Crippen molar-refractivity contribution in [1.82, 2.24) is 4.90 Å². The van der Waals surface area contributed by atoms with Crippen LogP contribution >= 0.6 is 23.2 Å². The van der Waals surface area contributed by atoms with E-state index in [0.29, 0.717) is 22.5 Å². The van der Waals surface area contributed by atoms with Gasteiger partial charge in [-0.15, -0.1) is 0 Å². The summed E-state index contributed by atoms with van der Waals surface area (Å²) in [6, 6.07) is 5.97. The van der Waals surface area contributed by atoms with Crippen LogP contribution in [-0.2, 0) is 0 Å². The van der Waals surface area contributed by atoms with Gasteiger partial charge in [-0.3, -0.25) is 4.90 Å². The van der Waals surface area contributed by atoms with E-state index in [1.807, 2.05) is 18.2 Å². The zero-order valence-electron chi connectivity index (χ0n) is 11.3. The fourth-order valence-electron chi connectivity index (χ4n) is 2.16. The summed E-state index contributed by atoms with van der Waals surface area (Å²) >= 11 is 12.0. The smallest absolute Gasteiger partial charge is 0.0595 e. The lowest BCUT2D eigenvalue weighted by Gasteiger charge is -2.31. The Hall–Kier alpha value is -0.280. The number of nitrogens with two attached hydrogens (primary N) is 1. The van der Waals surface area contributed by atoms with Crippen molar-refractivity contribution in [3.8, 4) is 0 Å². The van der Waals surface area contributed by atoms with Crippen molar-refractivity contribution in [2.45, 2.75) is 26.8 Å². The van der Waals surface area contributed by atoms with Gasteiger partial charge in [-0.25, -0.2) is 0 Å². The number of rotatable bonds is 6. The van der Waals surface area contributed by atoms with Crippen molar-refractivity contribution < 1.29 is 0 Å². The molecule has 0 spiro atoms. The van der Waals surface area contributed by atoms with E-state index in [-0.39, 0.29) is 6.04 Å². The molecule has 0 aliphatic heterocycles. The highest BCUT2D eigenvalue weighted by Crippen LogP contribution is 2.28. The first kappa shape index (κ1) is 15.8. The maximum absolute atomic E-state index is 6.08. The molecule has 0 radical (unpaired) electrons. The number of halogens is 2. The second-order valence-electron chi connectivity index (χ2n) is 4.91. The largest absolute Gasteiger partial charge is 0.329 e. The number of benzene rings is 1. The molecule has 102 valence electrons. The summed E-state index contributed by atoms with van der Waals surface area (Å²) in [5, 5.41) is 1.18. The van der Waals surface area contributed by atoms with Crippen LogP contribution in [0.3, 0.4) is 0 Å². The summed E-state index contributed by atoms with van der Waals surface area (Å²) < 4.78 is 0. The molecular weight excluding hydrogens is 267 g/mol. The second-order valence-corrected chi connectivity index (χ2v) is 5.72. The van der Waals surface area contributed by atoms with E-state index in [2.05, 4.69) is 25.7 Å². The van der Waals surface area contributed by atoms with Crippen LogP contribution in [0.1, 0.15) is 32.4 Å². The summed E-state index contributed by atoms with van der Waals surface area (Å²) in [6.45, 7) is 9.16. The maximum atomic E-state index is 6.08. The highest BCUT2D eigenvalue weighted by atomic mass is 35.5. The monoisotopic (exact) mass is 288 g/mol. The maximum Gasteiger partial charge on any atom is 0.0595 e. The Morgan fingerprint density at radius 2 is 1.89 bits per heavy atom. The molecule has 1 aromatic rings. The topological polar surface area (TPSA) is 29.3 Å². The van der Waals surface area contributed by atoms with Gasteiger partial charge in [-0.1, -0.05) is 50.0 Å². The third kappa shape index (κ3) is 4.13. The first-order chi connectivity index (χ1) is 8.49. The van der Waals surface area contributed by atoms with E-state index in [9.17, 15) is 0 Å². The van der Waals surface area contributed by atoms with Gasteiger partial charge in [-0.2, -0.15) is 0 Å². The molecule has 1 unspecified atom stereocenters. The molecule has 18 heavy (non-hydrogen) atoms. The second kappa shape index (κ2) is 7.34. The number of nitrogens with zero attached hydrogens (tertiary/aromatic N) is 1. The Morgan fingerprint density at radius 1 is 1.22 bits per heavy atom. The van der Waals surface area contributed by atoms with Gasteiger partial charge in [0.05, 0.1) is 10.0 Å². The molecule has 1 atom stereocenters. The fourth-order valence-corrected chi connectivity index (χ4v) is 2.47. The third-order valence-electron chi connectivity index (χ3n) is 3.00. The first-order valence-electron chi connectivity index (χ1n) is 6.38. The summed E-state index contributed by atoms with van der Waals surface area (Å²) in [7, 11) is 0. The summed E-state index contributed by atoms with van der Waals surface area (Å²) in [5.74, 6) is 0.613. The molecule has 0 aliphatic rings. The van der Waals surface area contributed by atoms with Crippen LogP contribution in [0, 0.1) is 5.92 Å². The molecule has 4 heteroatoms. The van der Waals surface area contributed by atoms with E-state index in [1.165, 1.54) is 0 Å². The number of likely N-dealkylation sites (N-methyl/N-ethyl adjacent to an activating group) is 1. The van der Waals surface area contributed by atoms with Gasteiger partial charge in [0.25, 0.3) is 0 Å². The quantitative estimate of drug-likeness (QED) is 0.858. The van der Waals surface area contributed by atoms with Gasteiger partial charge in [0.2, 0.25) is 0 Å².